The molecule has 0 saturated heterocycles. The van der Waals surface area contributed by atoms with Crippen molar-refractivity contribution >= 4 is 0 Å². The largest absolute Gasteiger partial charge is 0.389 e. The predicted molar refractivity (Wildman–Crippen MR) is 82.0 cm³/mol. The van der Waals surface area contributed by atoms with Crippen LogP contribution < -0.4 is 5.32 Å². The summed E-state index contributed by atoms with van der Waals surface area (Å²) in [6.45, 7) is 7.82. The van der Waals surface area contributed by atoms with Crippen molar-refractivity contribution in [2.24, 2.45) is 5.92 Å². The molecule has 2 N–H and O–H groups in total. The van der Waals surface area contributed by atoms with Crippen molar-refractivity contribution in [1.29, 1.82) is 0 Å². The van der Waals surface area contributed by atoms with Gasteiger partial charge in [0.1, 0.15) is 0 Å². The van der Waals surface area contributed by atoms with Crippen LogP contribution in [0.15, 0.2) is 0 Å². The summed E-state index contributed by atoms with van der Waals surface area (Å²) in [7, 11) is 0. The average molecular weight is 287 g/mol. The zero-order valence-electron chi connectivity index (χ0n) is 13.3. The second-order valence-electron chi connectivity index (χ2n) is 6.05. The molecule has 0 aromatic heterocycles. The normalized spacial score (nSPS) is 24.8. The molecule has 0 amide bonds. The summed E-state index contributed by atoms with van der Waals surface area (Å²) in [5, 5.41) is 13.1. The Labute approximate surface area is 124 Å². The highest BCUT2D eigenvalue weighted by atomic mass is 16.5. The highest BCUT2D eigenvalue weighted by molar-refractivity contribution is 4.71. The number of hydrogen-bond acceptors (Lipinski definition) is 4. The lowest BCUT2D eigenvalue weighted by atomic mass is 9.89. The Morgan fingerprint density at radius 3 is 2.90 bits per heavy atom. The number of nitrogens with one attached hydrogen (secondary N) is 1. The molecule has 1 fully saturated rings. The fourth-order valence-corrected chi connectivity index (χ4v) is 2.60. The van der Waals surface area contributed by atoms with Crippen LogP contribution in [0.25, 0.3) is 0 Å². The Hall–Kier alpha value is -0.160. The van der Waals surface area contributed by atoms with Crippen molar-refractivity contribution in [3.05, 3.63) is 0 Å². The Balaban J connectivity index is 1.91. The number of unbranched alkanes of at least 4 members (excludes halogenated alkanes) is 1. The predicted octanol–water partition coefficient (Wildman–Crippen LogP) is 2.35. The maximum atomic E-state index is 9.86. The molecule has 1 saturated carbocycles. The third-order valence-corrected chi connectivity index (χ3v) is 3.86. The molecule has 0 aromatic carbocycles. The maximum absolute atomic E-state index is 9.86. The van der Waals surface area contributed by atoms with Gasteiger partial charge in [-0.1, -0.05) is 33.1 Å². The Morgan fingerprint density at radius 1 is 1.30 bits per heavy atom. The van der Waals surface area contributed by atoms with Crippen molar-refractivity contribution < 1.29 is 14.6 Å². The van der Waals surface area contributed by atoms with Crippen LogP contribution in [0.4, 0.5) is 0 Å². The molecule has 4 nitrogen and oxygen atoms in total. The minimum Gasteiger partial charge on any atom is -0.389 e. The third kappa shape index (κ3) is 8.90. The number of aliphatic hydroxyl groups is 1. The lowest BCUT2D eigenvalue weighted by Crippen LogP contribution is -2.34. The molecule has 0 heterocycles. The van der Waals surface area contributed by atoms with Gasteiger partial charge in [-0.15, -0.1) is 0 Å². The topological polar surface area (TPSA) is 50.7 Å². The van der Waals surface area contributed by atoms with Crippen molar-refractivity contribution in [2.45, 2.75) is 64.6 Å². The van der Waals surface area contributed by atoms with Gasteiger partial charge in [-0.05, 0) is 25.2 Å². The van der Waals surface area contributed by atoms with E-state index in [1.165, 1.54) is 19.3 Å². The van der Waals surface area contributed by atoms with Gasteiger partial charge in [-0.2, -0.15) is 0 Å². The van der Waals surface area contributed by atoms with Crippen LogP contribution in [0.3, 0.4) is 0 Å². The fourth-order valence-electron chi connectivity index (χ4n) is 2.60. The van der Waals surface area contributed by atoms with E-state index in [1.54, 1.807) is 0 Å². The zero-order chi connectivity index (χ0) is 14.6. The molecule has 0 bridgehead atoms. The van der Waals surface area contributed by atoms with Gasteiger partial charge in [0, 0.05) is 19.7 Å². The third-order valence-electron chi connectivity index (χ3n) is 3.86. The Morgan fingerprint density at radius 2 is 2.15 bits per heavy atom. The van der Waals surface area contributed by atoms with Gasteiger partial charge >= 0.3 is 0 Å². The molecule has 120 valence electrons. The van der Waals surface area contributed by atoms with Crippen LogP contribution in [0.5, 0.6) is 0 Å². The van der Waals surface area contributed by atoms with Crippen molar-refractivity contribution in [3.8, 4) is 0 Å². The van der Waals surface area contributed by atoms with Gasteiger partial charge in [0.15, 0.2) is 0 Å². The molecular weight excluding hydrogens is 254 g/mol. The number of aliphatic hydroxyl groups excluding tert-OH is 1. The molecule has 4 heteroatoms. The highest BCUT2D eigenvalue weighted by Gasteiger charge is 2.20. The van der Waals surface area contributed by atoms with E-state index in [-0.39, 0.29) is 0 Å². The molecule has 1 aliphatic rings. The van der Waals surface area contributed by atoms with Crippen LogP contribution >= 0.6 is 0 Å². The summed E-state index contributed by atoms with van der Waals surface area (Å²) in [4.78, 5) is 0. The first-order chi connectivity index (χ1) is 9.72. The van der Waals surface area contributed by atoms with E-state index in [9.17, 15) is 5.11 Å². The van der Waals surface area contributed by atoms with E-state index in [2.05, 4.69) is 19.2 Å². The maximum Gasteiger partial charge on any atom is 0.0897 e. The second kappa shape index (κ2) is 11.5. The van der Waals surface area contributed by atoms with E-state index >= 15 is 0 Å². The summed E-state index contributed by atoms with van der Waals surface area (Å²) >= 11 is 0. The molecule has 0 aromatic rings. The van der Waals surface area contributed by atoms with E-state index in [1.807, 2.05) is 0 Å². The lowest BCUT2D eigenvalue weighted by molar-refractivity contribution is -0.0308. The molecule has 1 rings (SSSR count). The highest BCUT2D eigenvalue weighted by Crippen LogP contribution is 2.25. The first-order valence-electron chi connectivity index (χ1n) is 8.30. The first kappa shape index (κ1) is 17.9. The monoisotopic (exact) mass is 287 g/mol. The quantitative estimate of drug-likeness (QED) is 0.573. The van der Waals surface area contributed by atoms with Gasteiger partial charge in [0.2, 0.25) is 0 Å². The van der Waals surface area contributed by atoms with Gasteiger partial charge in [0.25, 0.3) is 0 Å². The molecule has 0 aliphatic heterocycles. The fraction of sp³-hybridized carbons (Fsp3) is 1.00. The lowest BCUT2D eigenvalue weighted by Gasteiger charge is -2.27. The molecule has 1 aliphatic carbocycles. The molecule has 0 radical (unpaired) electrons. The first-order valence-corrected chi connectivity index (χ1v) is 8.30. The summed E-state index contributed by atoms with van der Waals surface area (Å²) in [5.41, 5.74) is 0. The molecule has 20 heavy (non-hydrogen) atoms. The molecule has 3 atom stereocenters. The summed E-state index contributed by atoms with van der Waals surface area (Å²) in [6.07, 6.45) is 7.10. The Kier molecular flexibility index (Phi) is 10.3. The number of ether oxygens (including phenoxy) is 2. The van der Waals surface area contributed by atoms with Crippen LogP contribution in [0.2, 0.25) is 0 Å². The van der Waals surface area contributed by atoms with Gasteiger partial charge in [-0.25, -0.2) is 0 Å². The Bertz CT molecular complexity index is 226. The number of rotatable bonds is 11. The molecular formula is C16H33NO3. The van der Waals surface area contributed by atoms with Crippen molar-refractivity contribution in [3.63, 3.8) is 0 Å². The van der Waals surface area contributed by atoms with Crippen molar-refractivity contribution in [1.82, 2.24) is 5.32 Å². The standard InChI is InChI=1S/C16H33NO3/c1-3-4-9-19-10-8-17-12-15(18)13-20-16-7-5-6-14(2)11-16/h14-18H,3-13H2,1-2H3. The van der Waals surface area contributed by atoms with Gasteiger partial charge in [-0.3, -0.25) is 0 Å². The summed E-state index contributed by atoms with van der Waals surface area (Å²) in [6, 6.07) is 0. The van der Waals surface area contributed by atoms with E-state index in [0.717, 1.165) is 38.3 Å². The van der Waals surface area contributed by atoms with E-state index < -0.39 is 6.10 Å². The van der Waals surface area contributed by atoms with Crippen LogP contribution in [-0.4, -0.2) is 50.2 Å². The summed E-state index contributed by atoms with van der Waals surface area (Å²) in [5.74, 6) is 0.768. The molecule has 3 unspecified atom stereocenters. The van der Waals surface area contributed by atoms with E-state index in [0.29, 0.717) is 25.9 Å². The van der Waals surface area contributed by atoms with Gasteiger partial charge < -0.3 is 19.9 Å². The van der Waals surface area contributed by atoms with Gasteiger partial charge in [0.05, 0.1) is 25.4 Å². The smallest absolute Gasteiger partial charge is 0.0897 e. The van der Waals surface area contributed by atoms with E-state index in [4.69, 9.17) is 9.47 Å². The average Bonchev–Trinajstić information content (AvgIpc) is 2.44. The summed E-state index contributed by atoms with van der Waals surface area (Å²) < 4.78 is 11.3. The zero-order valence-corrected chi connectivity index (χ0v) is 13.3. The van der Waals surface area contributed by atoms with Crippen LogP contribution in [0, 0.1) is 5.92 Å². The number of hydrogen-bond donors (Lipinski definition) is 2. The minimum absolute atomic E-state index is 0.353. The van der Waals surface area contributed by atoms with Crippen molar-refractivity contribution in [2.75, 3.05) is 32.9 Å². The second-order valence-corrected chi connectivity index (χ2v) is 6.05. The SMILES string of the molecule is CCCCOCCNCC(O)COC1CCCC(C)C1. The molecule has 0 spiro atoms. The minimum atomic E-state index is -0.414. The van der Waals surface area contributed by atoms with Crippen LogP contribution in [-0.2, 0) is 9.47 Å². The van der Waals surface area contributed by atoms with Crippen LogP contribution in [0.1, 0.15) is 52.4 Å².